The lowest BCUT2D eigenvalue weighted by molar-refractivity contribution is -0.126. The number of hydrogen-bond donors (Lipinski definition) is 1. The van der Waals surface area contributed by atoms with Gasteiger partial charge in [0, 0.05) is 50.2 Å². The van der Waals surface area contributed by atoms with E-state index in [1.807, 2.05) is 11.9 Å². The van der Waals surface area contributed by atoms with Crippen molar-refractivity contribution in [1.82, 2.24) is 19.8 Å². The molecule has 2 aliphatic rings. The van der Waals surface area contributed by atoms with Gasteiger partial charge in [-0.3, -0.25) is 4.79 Å². The smallest absolute Gasteiger partial charge is 0.319 e. The molecule has 38 heavy (non-hydrogen) atoms. The number of anilines is 1. The van der Waals surface area contributed by atoms with Crippen LogP contribution in [0.5, 0.6) is 11.8 Å². The predicted octanol–water partition coefficient (Wildman–Crippen LogP) is 4.24. The molecular weight excluding hydrogens is 516 g/mol. The number of benzene rings is 2. The number of hydrogen-bond acceptors (Lipinski definition) is 7. The Bertz CT molecular complexity index is 1370. The van der Waals surface area contributed by atoms with E-state index in [4.69, 9.17) is 16.3 Å². The lowest BCUT2D eigenvalue weighted by Gasteiger charge is -2.35. The number of aromatic nitrogens is 2. The summed E-state index contributed by atoms with van der Waals surface area (Å²) in [6.45, 7) is 6.99. The van der Waals surface area contributed by atoms with E-state index in [2.05, 4.69) is 21.4 Å². The first-order chi connectivity index (χ1) is 18.3. The van der Waals surface area contributed by atoms with Gasteiger partial charge in [-0.25, -0.2) is 8.78 Å². The third-order valence-electron chi connectivity index (χ3n) is 7.09. The first-order valence-corrected chi connectivity index (χ1v) is 12.8. The number of halogens is 3. The number of ether oxygens (including phenoxy) is 1. The molecule has 2 aliphatic heterocycles. The summed E-state index contributed by atoms with van der Waals surface area (Å²) >= 11 is 6.50. The number of likely N-dealkylation sites (tertiary alicyclic amines) is 1. The van der Waals surface area contributed by atoms with Crippen LogP contribution in [0, 0.1) is 11.6 Å². The number of carbonyl (C=O) groups is 1. The second-order valence-electron chi connectivity index (χ2n) is 9.54. The minimum atomic E-state index is -0.884. The Morgan fingerprint density at radius 3 is 2.50 bits per heavy atom. The number of phenols is 1. The van der Waals surface area contributed by atoms with E-state index in [0.717, 1.165) is 32.0 Å². The molecule has 0 bridgehead atoms. The van der Waals surface area contributed by atoms with Gasteiger partial charge in [-0.15, -0.1) is 0 Å². The number of carbonyl (C=O) groups excluding carboxylic acids is 1. The lowest BCUT2D eigenvalue weighted by Crippen LogP contribution is -2.48. The Morgan fingerprint density at radius 1 is 1.13 bits per heavy atom. The maximum absolute atomic E-state index is 16.1. The zero-order valence-electron chi connectivity index (χ0n) is 21.0. The van der Waals surface area contributed by atoms with Gasteiger partial charge in [0.15, 0.2) is 5.82 Å². The van der Waals surface area contributed by atoms with E-state index >= 15 is 4.39 Å². The Balaban J connectivity index is 1.61. The summed E-state index contributed by atoms with van der Waals surface area (Å²) in [7, 11) is 2.04. The number of rotatable bonds is 5. The number of fused-ring (bicyclic) bond motifs is 1. The quantitative estimate of drug-likeness (QED) is 0.482. The number of aromatic hydroxyl groups is 1. The van der Waals surface area contributed by atoms with Crippen LogP contribution >= 0.6 is 11.6 Å². The van der Waals surface area contributed by atoms with Crippen molar-refractivity contribution < 1.29 is 23.4 Å². The molecule has 1 aromatic heterocycles. The number of amides is 1. The summed E-state index contributed by atoms with van der Waals surface area (Å²) in [5, 5.41) is 10.6. The molecule has 8 nitrogen and oxygen atoms in total. The molecule has 2 aromatic carbocycles. The molecule has 2 fully saturated rings. The van der Waals surface area contributed by atoms with Gasteiger partial charge in [0.25, 0.3) is 0 Å². The summed E-state index contributed by atoms with van der Waals surface area (Å²) in [6, 6.07) is 5.21. The molecule has 1 N–H and O–H groups in total. The van der Waals surface area contributed by atoms with Gasteiger partial charge in [0.1, 0.15) is 29.0 Å². The third kappa shape index (κ3) is 4.98. The van der Waals surface area contributed by atoms with E-state index in [1.165, 1.54) is 24.3 Å². The molecule has 2 saturated heterocycles. The van der Waals surface area contributed by atoms with Gasteiger partial charge >= 0.3 is 6.01 Å². The number of nitrogens with zero attached hydrogens (tertiary/aromatic N) is 5. The maximum atomic E-state index is 16.1. The average molecular weight is 544 g/mol. The second kappa shape index (κ2) is 10.7. The Kier molecular flexibility index (Phi) is 7.36. The van der Waals surface area contributed by atoms with Crippen LogP contribution in [0.2, 0.25) is 5.02 Å². The topological polar surface area (TPSA) is 82.0 Å². The fourth-order valence-corrected chi connectivity index (χ4v) is 5.25. The van der Waals surface area contributed by atoms with Crippen molar-refractivity contribution in [3.8, 4) is 22.9 Å². The molecule has 0 saturated carbocycles. The highest BCUT2D eigenvalue weighted by atomic mass is 35.5. The van der Waals surface area contributed by atoms with Crippen LogP contribution in [0.4, 0.5) is 14.6 Å². The second-order valence-corrected chi connectivity index (χ2v) is 9.95. The summed E-state index contributed by atoms with van der Waals surface area (Å²) in [4.78, 5) is 26.9. The van der Waals surface area contributed by atoms with Crippen LogP contribution in [0.25, 0.3) is 22.0 Å². The molecular formula is C27H28ClF2N5O3. The van der Waals surface area contributed by atoms with Crippen LogP contribution in [0.3, 0.4) is 0 Å². The zero-order valence-corrected chi connectivity index (χ0v) is 21.7. The molecule has 0 unspecified atom stereocenters. The molecule has 1 amide bonds. The van der Waals surface area contributed by atoms with Crippen molar-refractivity contribution >= 4 is 34.2 Å². The first-order valence-electron chi connectivity index (χ1n) is 12.5. The fraction of sp³-hybridized carbons (Fsp3) is 0.370. The van der Waals surface area contributed by atoms with Crippen LogP contribution < -0.4 is 9.64 Å². The molecule has 3 heterocycles. The first kappa shape index (κ1) is 26.1. The van der Waals surface area contributed by atoms with Crippen molar-refractivity contribution in [2.45, 2.75) is 18.9 Å². The molecule has 0 atom stereocenters. The van der Waals surface area contributed by atoms with Gasteiger partial charge in [-0.1, -0.05) is 24.2 Å². The van der Waals surface area contributed by atoms with E-state index in [1.54, 1.807) is 4.90 Å². The summed E-state index contributed by atoms with van der Waals surface area (Å²) in [6.07, 6.45) is 2.68. The van der Waals surface area contributed by atoms with E-state index in [0.29, 0.717) is 37.4 Å². The molecule has 0 radical (unpaired) electrons. The summed E-state index contributed by atoms with van der Waals surface area (Å²) < 4.78 is 37.0. The largest absolute Gasteiger partial charge is 0.507 e. The highest BCUT2D eigenvalue weighted by Gasteiger charge is 2.28. The molecule has 11 heteroatoms. The van der Waals surface area contributed by atoms with Gasteiger partial charge < -0.3 is 24.5 Å². The minimum Gasteiger partial charge on any atom is -0.507 e. The highest BCUT2D eigenvalue weighted by molar-refractivity contribution is 6.34. The van der Waals surface area contributed by atoms with Gasteiger partial charge in [-0.05, 0) is 44.2 Å². The van der Waals surface area contributed by atoms with E-state index in [9.17, 15) is 14.3 Å². The Labute approximate surface area is 224 Å². The Morgan fingerprint density at radius 2 is 1.84 bits per heavy atom. The van der Waals surface area contributed by atoms with Crippen molar-refractivity contribution in [2.75, 3.05) is 51.2 Å². The van der Waals surface area contributed by atoms with Gasteiger partial charge in [0.2, 0.25) is 5.91 Å². The molecule has 0 aliphatic carbocycles. The third-order valence-corrected chi connectivity index (χ3v) is 7.39. The standard InChI is InChI=1S/C27H28ClF2N5O3/c1-3-21(37)34-11-13-35(14-12-34)26-17-15-18(28)22(23-19(29)5-4-6-20(23)36)24(30)25(17)31-27(32-26)38-16-7-9-33(2)10-8-16/h3-6,15-16,36H,1,7-14H2,2H3. The van der Waals surface area contributed by atoms with Gasteiger partial charge in [-0.2, -0.15) is 9.97 Å². The summed E-state index contributed by atoms with van der Waals surface area (Å²) in [5.41, 5.74) is -0.720. The van der Waals surface area contributed by atoms with Crippen LogP contribution in [0.1, 0.15) is 12.8 Å². The minimum absolute atomic E-state index is 0.0107. The molecule has 200 valence electrons. The van der Waals surface area contributed by atoms with E-state index < -0.39 is 17.4 Å². The number of piperidine rings is 1. The van der Waals surface area contributed by atoms with Gasteiger partial charge in [0.05, 0.1) is 10.6 Å². The predicted molar refractivity (Wildman–Crippen MR) is 142 cm³/mol. The Hall–Kier alpha value is -3.50. The number of phenolic OH excluding ortho intramolecular Hbond substituents is 1. The molecule has 3 aromatic rings. The van der Waals surface area contributed by atoms with Crippen LogP contribution in [0.15, 0.2) is 36.9 Å². The fourth-order valence-electron chi connectivity index (χ4n) is 4.96. The summed E-state index contributed by atoms with van der Waals surface area (Å²) in [5.74, 6) is -1.89. The van der Waals surface area contributed by atoms with Crippen LogP contribution in [-0.2, 0) is 4.79 Å². The molecule has 5 rings (SSSR count). The lowest BCUT2D eigenvalue weighted by atomic mass is 10.0. The van der Waals surface area contributed by atoms with E-state index in [-0.39, 0.29) is 39.7 Å². The highest BCUT2D eigenvalue weighted by Crippen LogP contribution is 2.42. The molecule has 0 spiro atoms. The van der Waals surface area contributed by atoms with Crippen molar-refractivity contribution in [2.24, 2.45) is 0 Å². The average Bonchev–Trinajstić information content (AvgIpc) is 2.91. The normalized spacial score (nSPS) is 17.2. The van der Waals surface area contributed by atoms with Crippen molar-refractivity contribution in [1.29, 1.82) is 0 Å². The van der Waals surface area contributed by atoms with Crippen LogP contribution in [-0.4, -0.2) is 83.2 Å². The maximum Gasteiger partial charge on any atom is 0.319 e. The SMILES string of the molecule is C=CC(=O)N1CCN(c2nc(OC3CCN(C)CC3)nc3c(F)c(-c4c(O)cccc4F)c(Cl)cc23)CC1. The van der Waals surface area contributed by atoms with Crippen molar-refractivity contribution in [3.05, 3.63) is 53.6 Å². The monoisotopic (exact) mass is 543 g/mol. The number of piperazine rings is 1. The zero-order chi connectivity index (χ0) is 27.0. The van der Waals surface area contributed by atoms with Crippen molar-refractivity contribution in [3.63, 3.8) is 0 Å².